The first-order valence-corrected chi connectivity index (χ1v) is 5.42. The lowest BCUT2D eigenvalue weighted by Crippen LogP contribution is -2.33. The summed E-state index contributed by atoms with van der Waals surface area (Å²) in [5.74, 6) is -1.66. The van der Waals surface area contributed by atoms with E-state index in [0.717, 1.165) is 5.69 Å². The smallest absolute Gasteiger partial charge is 0.340 e. The number of ketones is 1. The van der Waals surface area contributed by atoms with Crippen LogP contribution in [0.2, 0.25) is 0 Å². The van der Waals surface area contributed by atoms with E-state index >= 15 is 0 Å². The van der Waals surface area contributed by atoms with Crippen LogP contribution in [0.4, 0.5) is 0 Å². The Morgan fingerprint density at radius 2 is 2.24 bits per heavy atom. The molecule has 0 aliphatic rings. The van der Waals surface area contributed by atoms with Crippen molar-refractivity contribution >= 4 is 11.8 Å². The summed E-state index contributed by atoms with van der Waals surface area (Å²) in [5, 5.41) is 8.81. The van der Waals surface area contributed by atoms with Crippen LogP contribution in [0.25, 0.3) is 0 Å². The number of carbonyl (C=O) groups is 2. The fraction of sp³-hybridized carbons (Fsp3) is 0.417. The van der Waals surface area contributed by atoms with Crippen molar-refractivity contribution in [3.63, 3.8) is 0 Å². The molecule has 0 aliphatic carbocycles. The van der Waals surface area contributed by atoms with Crippen molar-refractivity contribution in [3.8, 4) is 0 Å². The van der Waals surface area contributed by atoms with Gasteiger partial charge in [-0.2, -0.15) is 0 Å². The van der Waals surface area contributed by atoms with Crippen molar-refractivity contribution in [1.29, 1.82) is 0 Å². The molecule has 0 aliphatic heterocycles. The van der Waals surface area contributed by atoms with Gasteiger partial charge in [-0.15, -0.1) is 0 Å². The van der Waals surface area contributed by atoms with Gasteiger partial charge in [-0.05, 0) is 25.5 Å². The summed E-state index contributed by atoms with van der Waals surface area (Å²) in [6.45, 7) is 1.86. The fourth-order valence-corrected chi connectivity index (χ4v) is 1.40. The molecule has 92 valence electrons. The molecule has 5 heteroatoms. The Morgan fingerprint density at radius 1 is 1.47 bits per heavy atom. The number of rotatable bonds is 7. The largest absolute Gasteiger partial charge is 0.479 e. The van der Waals surface area contributed by atoms with Crippen molar-refractivity contribution in [3.05, 3.63) is 30.1 Å². The molecule has 1 aromatic heterocycles. The molecule has 1 atom stereocenters. The Morgan fingerprint density at radius 3 is 2.76 bits per heavy atom. The van der Waals surface area contributed by atoms with Gasteiger partial charge in [0.25, 0.3) is 0 Å². The van der Waals surface area contributed by atoms with Gasteiger partial charge in [0.05, 0.1) is 0 Å². The third kappa shape index (κ3) is 4.32. The first-order chi connectivity index (χ1) is 8.15. The molecule has 1 heterocycles. The molecule has 1 rings (SSSR count). The van der Waals surface area contributed by atoms with E-state index in [1.807, 2.05) is 6.07 Å². The number of pyridine rings is 1. The summed E-state index contributed by atoms with van der Waals surface area (Å²) in [4.78, 5) is 26.5. The van der Waals surface area contributed by atoms with E-state index < -0.39 is 17.9 Å². The maximum absolute atomic E-state index is 11.6. The van der Waals surface area contributed by atoms with Gasteiger partial charge in [-0.1, -0.05) is 6.07 Å². The number of hydrogen-bond acceptors (Lipinski definition) is 4. The summed E-state index contributed by atoms with van der Waals surface area (Å²) in [6, 6.07) is 5.40. The van der Waals surface area contributed by atoms with Gasteiger partial charge >= 0.3 is 5.97 Å². The highest BCUT2D eigenvalue weighted by molar-refractivity contribution is 6.01. The van der Waals surface area contributed by atoms with Crippen molar-refractivity contribution in [2.24, 2.45) is 0 Å². The molecule has 0 bridgehead atoms. The van der Waals surface area contributed by atoms with Gasteiger partial charge in [0, 0.05) is 24.9 Å². The van der Waals surface area contributed by atoms with E-state index in [-0.39, 0.29) is 13.0 Å². The van der Waals surface area contributed by atoms with Gasteiger partial charge < -0.3 is 9.84 Å². The van der Waals surface area contributed by atoms with E-state index in [1.165, 1.54) is 0 Å². The monoisotopic (exact) mass is 237 g/mol. The molecule has 1 aromatic rings. The van der Waals surface area contributed by atoms with Crippen molar-refractivity contribution < 1.29 is 19.4 Å². The summed E-state index contributed by atoms with van der Waals surface area (Å²) >= 11 is 0. The van der Waals surface area contributed by atoms with Gasteiger partial charge in [0.2, 0.25) is 6.10 Å². The van der Waals surface area contributed by atoms with Crippen LogP contribution in [-0.2, 0) is 20.7 Å². The zero-order valence-corrected chi connectivity index (χ0v) is 9.63. The Kier molecular flexibility index (Phi) is 5.29. The van der Waals surface area contributed by atoms with E-state index in [0.29, 0.717) is 6.42 Å². The van der Waals surface area contributed by atoms with Crippen LogP contribution in [0.5, 0.6) is 0 Å². The zero-order valence-electron chi connectivity index (χ0n) is 9.63. The minimum Gasteiger partial charge on any atom is -0.479 e. The molecule has 1 unspecified atom stereocenters. The Balaban J connectivity index is 2.50. The molecule has 0 radical (unpaired) electrons. The lowest BCUT2D eigenvalue weighted by molar-refractivity contribution is -0.156. The minimum absolute atomic E-state index is 0.119. The fourth-order valence-electron chi connectivity index (χ4n) is 1.40. The summed E-state index contributed by atoms with van der Waals surface area (Å²) in [6.07, 6.45) is 0.824. The maximum atomic E-state index is 11.6. The number of ether oxygens (including phenoxy) is 1. The van der Waals surface area contributed by atoms with Gasteiger partial charge in [-0.3, -0.25) is 9.78 Å². The molecule has 0 fully saturated rings. The predicted octanol–water partition coefficient (Wildman–Crippen LogP) is 1.07. The van der Waals surface area contributed by atoms with Crippen molar-refractivity contribution in [1.82, 2.24) is 4.98 Å². The Labute approximate surface area is 99.4 Å². The first-order valence-electron chi connectivity index (χ1n) is 5.42. The quantitative estimate of drug-likeness (QED) is 0.718. The average Bonchev–Trinajstić information content (AvgIpc) is 2.34. The van der Waals surface area contributed by atoms with Crippen LogP contribution in [0, 0.1) is 0 Å². The Hall–Kier alpha value is -1.75. The molecule has 0 spiro atoms. The normalized spacial score (nSPS) is 12.1. The molecule has 1 N–H and O–H groups in total. The summed E-state index contributed by atoms with van der Waals surface area (Å²) in [7, 11) is 0. The zero-order chi connectivity index (χ0) is 12.7. The van der Waals surface area contributed by atoms with Crippen molar-refractivity contribution in [2.45, 2.75) is 25.9 Å². The van der Waals surface area contributed by atoms with Crippen LogP contribution in [-0.4, -0.2) is 34.6 Å². The molecular weight excluding hydrogens is 222 g/mol. The summed E-state index contributed by atoms with van der Waals surface area (Å²) < 4.78 is 4.88. The number of Topliss-reactive ketones (excluding diaryl/α,β-unsaturated/α-hetero) is 1. The number of carboxylic acid groups (broad SMARTS) is 1. The second-order valence-electron chi connectivity index (χ2n) is 3.46. The van der Waals surface area contributed by atoms with E-state index in [1.54, 1.807) is 25.3 Å². The number of carbonyl (C=O) groups excluding carboxylic acids is 1. The molecule has 0 amide bonds. The minimum atomic E-state index is -1.36. The van der Waals surface area contributed by atoms with Gasteiger partial charge in [-0.25, -0.2) is 4.79 Å². The number of hydrogen-bond donors (Lipinski definition) is 1. The van der Waals surface area contributed by atoms with Crippen molar-refractivity contribution in [2.75, 3.05) is 6.61 Å². The predicted molar refractivity (Wildman–Crippen MR) is 60.6 cm³/mol. The second kappa shape index (κ2) is 6.75. The van der Waals surface area contributed by atoms with Crippen LogP contribution in [0.3, 0.4) is 0 Å². The molecule has 5 nitrogen and oxygen atoms in total. The lowest BCUT2D eigenvalue weighted by Gasteiger charge is -2.10. The molecule has 0 aromatic carbocycles. The molecule has 17 heavy (non-hydrogen) atoms. The van der Waals surface area contributed by atoms with E-state index in [2.05, 4.69) is 4.98 Å². The topological polar surface area (TPSA) is 76.5 Å². The van der Waals surface area contributed by atoms with E-state index in [4.69, 9.17) is 9.84 Å². The van der Waals surface area contributed by atoms with E-state index in [9.17, 15) is 9.59 Å². The maximum Gasteiger partial charge on any atom is 0.340 e. The highest BCUT2D eigenvalue weighted by Gasteiger charge is 2.25. The van der Waals surface area contributed by atoms with Crippen LogP contribution >= 0.6 is 0 Å². The third-order valence-electron chi connectivity index (χ3n) is 2.20. The van der Waals surface area contributed by atoms with Gasteiger partial charge in [0.15, 0.2) is 5.78 Å². The van der Waals surface area contributed by atoms with Crippen LogP contribution < -0.4 is 0 Å². The van der Waals surface area contributed by atoms with Crippen LogP contribution in [0.1, 0.15) is 19.0 Å². The number of nitrogens with zero attached hydrogens (tertiary/aromatic N) is 1. The van der Waals surface area contributed by atoms with Crippen LogP contribution in [0.15, 0.2) is 24.4 Å². The molecule has 0 saturated heterocycles. The number of carboxylic acids is 1. The first kappa shape index (κ1) is 13.3. The standard InChI is InChI=1S/C12H15NO4/c1-2-17-11(12(15)16)10(14)7-6-9-5-3-4-8-13-9/h3-5,8,11H,2,6-7H2,1H3,(H,15,16). The lowest BCUT2D eigenvalue weighted by atomic mass is 10.1. The average molecular weight is 237 g/mol. The Bertz CT molecular complexity index is 377. The number of aryl methyl sites for hydroxylation is 1. The summed E-state index contributed by atoms with van der Waals surface area (Å²) in [5.41, 5.74) is 0.765. The SMILES string of the molecule is CCOC(C(=O)O)C(=O)CCc1ccccn1. The highest BCUT2D eigenvalue weighted by atomic mass is 16.5. The third-order valence-corrected chi connectivity index (χ3v) is 2.20. The molecule has 0 saturated carbocycles. The van der Waals surface area contributed by atoms with Gasteiger partial charge in [0.1, 0.15) is 0 Å². The number of aliphatic carboxylic acids is 1. The highest BCUT2D eigenvalue weighted by Crippen LogP contribution is 2.04. The number of aromatic nitrogens is 1. The molecular formula is C12H15NO4. The second-order valence-corrected chi connectivity index (χ2v) is 3.46.